The summed E-state index contributed by atoms with van der Waals surface area (Å²) in [7, 11) is -1.82. The van der Waals surface area contributed by atoms with Gasteiger partial charge in [0.05, 0.1) is 30.6 Å². The van der Waals surface area contributed by atoms with Crippen LogP contribution in [-0.4, -0.2) is 75.8 Å². The molecule has 0 spiro atoms. The Labute approximate surface area is 296 Å². The molecule has 50 heavy (non-hydrogen) atoms. The van der Waals surface area contributed by atoms with Gasteiger partial charge in [0, 0.05) is 18.0 Å². The van der Waals surface area contributed by atoms with E-state index in [4.69, 9.17) is 21.4 Å². The lowest BCUT2D eigenvalue weighted by atomic mass is 10.2. The highest BCUT2D eigenvalue weighted by Gasteiger charge is 2.24. The van der Waals surface area contributed by atoms with Gasteiger partial charge in [-0.05, 0) is 55.4 Å². The lowest BCUT2D eigenvalue weighted by Gasteiger charge is -2.15. The molecule has 22 heteroatoms. The van der Waals surface area contributed by atoms with Crippen LogP contribution in [-0.2, 0) is 32.6 Å². The second kappa shape index (κ2) is 16.7. The number of thioether (sulfide) groups is 1. The molecular weight excluding hydrogens is 743 g/mol. The summed E-state index contributed by atoms with van der Waals surface area (Å²) >= 11 is 8.17. The van der Waals surface area contributed by atoms with Crippen molar-refractivity contribution in [3.05, 3.63) is 73.1 Å². The summed E-state index contributed by atoms with van der Waals surface area (Å²) in [5, 5.41) is 11.4. The molecule has 0 aliphatic carbocycles. The summed E-state index contributed by atoms with van der Waals surface area (Å²) in [4.78, 5) is 62.3. The van der Waals surface area contributed by atoms with Gasteiger partial charge in [0.25, 0.3) is 10.0 Å². The molecule has 0 radical (unpaired) electrons. The number of aryl methyl sites for hydroxylation is 1. The van der Waals surface area contributed by atoms with Gasteiger partial charge in [-0.15, -0.1) is 11.8 Å². The number of ether oxygens (including phenoxy) is 2. The molecule has 0 saturated heterocycles. The number of amides is 2. The van der Waals surface area contributed by atoms with Crippen molar-refractivity contribution in [2.24, 2.45) is 4.99 Å². The Morgan fingerprint density at radius 2 is 1.82 bits per heavy atom. The number of anilines is 1. The number of rotatable bonds is 9. The van der Waals surface area contributed by atoms with Crippen LogP contribution in [0.4, 0.5) is 20.8 Å². The smallest absolute Gasteiger partial charge is 0.337 e. The first kappa shape index (κ1) is 38.0. The number of halogens is 2. The number of carbonyl (C=O) groups excluding carboxylic acids is 2. The standard InChI is InChI=1S/C15H15ClFN3O3S2.C13H13N5O6S/c1-23-13(21)8-24-12-7-11(10(17)6-9(12)16)18-14-19-4-2-3-5-20(19)15(22)25-14;1-7-14-11(17-13(15-7)24-2)16-12(21)18-25(22,23)9-6-4-3-5-8(9)10(19)20/h6-7H,2-5,8H2,1H3;3-6H,1-2H3,(H,19,20)(H2,14,15,16,17,18,21)/b18-14-;. The SMILES string of the molecule is COC(=O)CSc1cc(/N=c2\sc(=O)n3n2CCCC3)c(F)cc1Cl.COc1nc(C)nc(NC(=O)NS(=O)(=O)c2ccccc2C(=O)O)n1. The molecule has 3 N–H and O–H groups in total. The monoisotopic (exact) mass is 770 g/mol. The van der Waals surface area contributed by atoms with Crippen LogP contribution in [0.2, 0.25) is 5.02 Å². The van der Waals surface area contributed by atoms with E-state index in [9.17, 15) is 32.0 Å². The molecule has 3 heterocycles. The summed E-state index contributed by atoms with van der Waals surface area (Å²) in [6.45, 7) is 2.85. The second-order valence-electron chi connectivity index (χ2n) is 9.87. The molecule has 2 aromatic heterocycles. The Balaban J connectivity index is 0.000000225. The number of nitrogens with one attached hydrogen (secondary N) is 2. The average Bonchev–Trinajstić information content (AvgIpc) is 3.39. The van der Waals surface area contributed by atoms with Crippen LogP contribution < -0.4 is 24.5 Å². The van der Waals surface area contributed by atoms with Gasteiger partial charge < -0.3 is 14.6 Å². The maximum atomic E-state index is 14.3. The Morgan fingerprint density at radius 3 is 2.50 bits per heavy atom. The van der Waals surface area contributed by atoms with Crippen molar-refractivity contribution in [3.63, 3.8) is 0 Å². The third-order valence-electron chi connectivity index (χ3n) is 6.45. The Kier molecular flexibility index (Phi) is 12.7. The van der Waals surface area contributed by atoms with Crippen molar-refractivity contribution in [2.75, 3.05) is 25.3 Å². The lowest BCUT2D eigenvalue weighted by molar-refractivity contribution is -0.137. The molecule has 2 amide bonds. The van der Waals surface area contributed by atoms with E-state index in [-0.39, 0.29) is 39.1 Å². The number of hydrogen-bond donors (Lipinski definition) is 3. The number of carboxylic acid groups (broad SMARTS) is 1. The van der Waals surface area contributed by atoms with Gasteiger partial charge in [0.15, 0.2) is 0 Å². The lowest BCUT2D eigenvalue weighted by Crippen LogP contribution is -2.35. The van der Waals surface area contributed by atoms with Crippen LogP contribution in [0.1, 0.15) is 29.0 Å². The molecule has 0 bridgehead atoms. The number of fused-ring (bicyclic) bond motifs is 1. The number of carbonyl (C=O) groups is 3. The fourth-order valence-electron chi connectivity index (χ4n) is 4.22. The maximum absolute atomic E-state index is 14.3. The Hall–Kier alpha value is -4.86. The quantitative estimate of drug-likeness (QED) is 0.164. The van der Waals surface area contributed by atoms with Crippen molar-refractivity contribution in [1.29, 1.82) is 0 Å². The summed E-state index contributed by atoms with van der Waals surface area (Å²) in [5.74, 6) is -2.36. The third kappa shape index (κ3) is 9.64. The van der Waals surface area contributed by atoms with Crippen molar-refractivity contribution in [1.82, 2.24) is 29.0 Å². The summed E-state index contributed by atoms with van der Waals surface area (Å²) in [6, 6.07) is 6.27. The number of benzene rings is 2. The summed E-state index contributed by atoms with van der Waals surface area (Å²) in [5.41, 5.74) is -0.389. The first-order valence-corrected chi connectivity index (χ1v) is 17.9. The number of sulfonamides is 1. The third-order valence-corrected chi connectivity index (χ3v) is 10.2. The van der Waals surface area contributed by atoms with Gasteiger partial charge in [0.1, 0.15) is 22.2 Å². The molecule has 5 rings (SSSR count). The highest BCUT2D eigenvalue weighted by molar-refractivity contribution is 8.00. The zero-order chi connectivity index (χ0) is 36.6. The minimum atomic E-state index is -4.43. The number of urea groups is 1. The van der Waals surface area contributed by atoms with Gasteiger partial charge in [-0.1, -0.05) is 23.7 Å². The van der Waals surface area contributed by atoms with Crippen molar-refractivity contribution in [2.45, 2.75) is 42.6 Å². The molecule has 17 nitrogen and oxygen atoms in total. The van der Waals surface area contributed by atoms with E-state index in [0.29, 0.717) is 22.8 Å². The number of aromatic nitrogens is 5. The van der Waals surface area contributed by atoms with Gasteiger partial charge >= 0.3 is 28.9 Å². The van der Waals surface area contributed by atoms with E-state index in [1.807, 2.05) is 0 Å². The first-order valence-electron chi connectivity index (χ1n) is 14.2. The highest BCUT2D eigenvalue weighted by atomic mass is 35.5. The molecule has 0 saturated carbocycles. The molecule has 0 fully saturated rings. The molecule has 1 aliphatic rings. The number of hydrogen-bond acceptors (Lipinski definition) is 14. The predicted molar refractivity (Wildman–Crippen MR) is 179 cm³/mol. The molecule has 1 aliphatic heterocycles. The summed E-state index contributed by atoms with van der Waals surface area (Å²) in [6.07, 6.45) is 1.90. The van der Waals surface area contributed by atoms with E-state index < -0.39 is 44.3 Å². The normalized spacial score (nSPS) is 12.6. The van der Waals surface area contributed by atoms with E-state index in [1.54, 1.807) is 14.1 Å². The minimum absolute atomic E-state index is 0.0605. The van der Waals surface area contributed by atoms with E-state index in [1.165, 1.54) is 39.3 Å². The Bertz CT molecular complexity index is 2170. The van der Waals surface area contributed by atoms with Crippen LogP contribution in [0.3, 0.4) is 0 Å². The summed E-state index contributed by atoms with van der Waals surface area (Å²) < 4.78 is 53.2. The van der Waals surface area contributed by atoms with Gasteiger partial charge in [-0.3, -0.25) is 19.6 Å². The van der Waals surface area contributed by atoms with Gasteiger partial charge in [-0.2, -0.15) is 15.0 Å². The minimum Gasteiger partial charge on any atom is -0.478 e. The van der Waals surface area contributed by atoms with E-state index in [0.717, 1.165) is 54.1 Å². The zero-order valence-electron chi connectivity index (χ0n) is 26.4. The van der Waals surface area contributed by atoms with Crippen LogP contribution >= 0.6 is 34.7 Å². The number of methoxy groups -OCH3 is 2. The molecular formula is C28H28ClFN8O9S3. The fourth-order valence-corrected chi connectivity index (χ4v) is 7.31. The molecule has 0 unspecified atom stereocenters. The van der Waals surface area contributed by atoms with Crippen molar-refractivity contribution < 1.29 is 41.8 Å². The molecule has 266 valence electrons. The van der Waals surface area contributed by atoms with Crippen molar-refractivity contribution >= 4 is 74.3 Å². The number of aromatic carboxylic acids is 1. The number of nitrogens with zero attached hydrogens (tertiary/aromatic N) is 6. The number of esters is 1. The van der Waals surface area contributed by atoms with Crippen LogP contribution in [0.25, 0.3) is 0 Å². The van der Waals surface area contributed by atoms with Gasteiger partial charge in [-0.25, -0.2) is 36.8 Å². The predicted octanol–water partition coefficient (Wildman–Crippen LogP) is 3.19. The number of carboxylic acids is 1. The fraction of sp³-hybridized carbons (Fsp3) is 0.286. The Morgan fingerprint density at radius 1 is 1.12 bits per heavy atom. The molecule has 4 aromatic rings. The van der Waals surface area contributed by atoms with Crippen LogP contribution in [0.5, 0.6) is 6.01 Å². The second-order valence-corrected chi connectivity index (χ2v) is 13.9. The largest absolute Gasteiger partial charge is 0.478 e. The first-order chi connectivity index (χ1) is 23.7. The molecule has 2 aromatic carbocycles. The van der Waals surface area contributed by atoms with Crippen molar-refractivity contribution in [3.8, 4) is 6.01 Å². The van der Waals surface area contributed by atoms with Crippen LogP contribution in [0.15, 0.2) is 56.0 Å². The average molecular weight is 771 g/mol. The zero-order valence-corrected chi connectivity index (χ0v) is 29.6. The highest BCUT2D eigenvalue weighted by Crippen LogP contribution is 2.33. The van der Waals surface area contributed by atoms with Crippen LogP contribution in [0, 0.1) is 12.7 Å². The van der Waals surface area contributed by atoms with E-state index >= 15 is 0 Å². The maximum Gasteiger partial charge on any atom is 0.337 e. The van der Waals surface area contributed by atoms with Gasteiger partial charge in [0.2, 0.25) is 10.7 Å². The topological polar surface area (TPSA) is 226 Å². The molecule has 0 atom stereocenters. The van der Waals surface area contributed by atoms with E-state index in [2.05, 4.69) is 30.0 Å².